The van der Waals surface area contributed by atoms with Gasteiger partial charge in [-0.15, -0.1) is 11.3 Å². The van der Waals surface area contributed by atoms with Crippen LogP contribution in [0.5, 0.6) is 0 Å². The van der Waals surface area contributed by atoms with Crippen LogP contribution in [0.1, 0.15) is 5.69 Å². The van der Waals surface area contributed by atoms with E-state index in [0.717, 1.165) is 25.3 Å². The number of hydrogen-bond donors (Lipinski definition) is 1. The number of rotatable bonds is 4. The first-order valence-corrected chi connectivity index (χ1v) is 8.03. The molecule has 0 fully saturated rings. The molecule has 0 aliphatic rings. The van der Waals surface area contributed by atoms with Crippen molar-refractivity contribution in [2.24, 2.45) is 0 Å². The van der Waals surface area contributed by atoms with Crippen molar-refractivity contribution in [2.75, 3.05) is 19.5 Å². The van der Waals surface area contributed by atoms with Crippen LogP contribution >= 0.6 is 54.8 Å². The summed E-state index contributed by atoms with van der Waals surface area (Å²) >= 11 is 14.3. The molecule has 0 unspecified atom stereocenters. The second-order valence-corrected chi connectivity index (χ2v) is 6.87. The summed E-state index contributed by atoms with van der Waals surface area (Å²) in [6.45, 7) is 0.408. The molecule has 1 N–H and O–H groups in total. The quantitative estimate of drug-likeness (QED) is 0.776. The number of halogens is 3. The van der Waals surface area contributed by atoms with Gasteiger partial charge in [-0.3, -0.25) is 0 Å². The number of nitrogens with one attached hydrogen (secondary N) is 1. The molecule has 0 spiro atoms. The molecule has 2 aromatic heterocycles. The Labute approximate surface area is 136 Å². The van der Waals surface area contributed by atoms with Crippen LogP contribution in [0.25, 0.3) is 10.7 Å². The van der Waals surface area contributed by atoms with E-state index in [-0.39, 0.29) is 0 Å². The van der Waals surface area contributed by atoms with E-state index in [0.29, 0.717) is 16.8 Å². The normalized spacial score (nSPS) is 10.8. The number of thiophene rings is 1. The van der Waals surface area contributed by atoms with E-state index >= 15 is 0 Å². The molecule has 0 bridgehead atoms. The van der Waals surface area contributed by atoms with Crippen LogP contribution in [0.2, 0.25) is 4.34 Å². The standard InChI is InChI=1S/C11H10Br2ClN3OS/c1-15-11-8(13)6(4-18-2)16-10(17-11)7-3-5(12)9(14)19-7/h3H,4H2,1-2H3,(H,15,16,17). The summed E-state index contributed by atoms with van der Waals surface area (Å²) in [6.07, 6.45) is 0. The molecule has 0 aliphatic heterocycles. The number of hydrogen-bond acceptors (Lipinski definition) is 5. The Bertz CT molecular complexity index is 586. The van der Waals surface area contributed by atoms with Gasteiger partial charge in [0.05, 0.1) is 21.7 Å². The zero-order valence-electron chi connectivity index (χ0n) is 10.1. The number of anilines is 1. The van der Waals surface area contributed by atoms with Crippen LogP contribution < -0.4 is 5.32 Å². The lowest BCUT2D eigenvalue weighted by molar-refractivity contribution is 0.181. The van der Waals surface area contributed by atoms with E-state index < -0.39 is 0 Å². The summed E-state index contributed by atoms with van der Waals surface area (Å²) in [5, 5.41) is 3.03. The lowest BCUT2D eigenvalue weighted by Crippen LogP contribution is -2.03. The fourth-order valence-corrected chi connectivity index (χ4v) is 3.58. The van der Waals surface area contributed by atoms with Crippen molar-refractivity contribution < 1.29 is 4.74 Å². The zero-order valence-corrected chi connectivity index (χ0v) is 14.9. The summed E-state index contributed by atoms with van der Waals surface area (Å²) in [6, 6.07) is 1.91. The number of aromatic nitrogens is 2. The fraction of sp³-hybridized carbons (Fsp3) is 0.273. The molecule has 8 heteroatoms. The van der Waals surface area contributed by atoms with Crippen LogP contribution in [0, 0.1) is 0 Å². The van der Waals surface area contributed by atoms with Gasteiger partial charge >= 0.3 is 0 Å². The van der Waals surface area contributed by atoms with Gasteiger partial charge < -0.3 is 10.1 Å². The zero-order chi connectivity index (χ0) is 14.0. The average Bonchev–Trinajstić information content (AvgIpc) is 2.72. The van der Waals surface area contributed by atoms with Gasteiger partial charge in [0.25, 0.3) is 0 Å². The minimum atomic E-state index is 0.408. The first kappa shape index (κ1) is 15.2. The monoisotopic (exact) mass is 425 g/mol. The van der Waals surface area contributed by atoms with Gasteiger partial charge in [0.2, 0.25) is 0 Å². The molecule has 19 heavy (non-hydrogen) atoms. The molecule has 2 aromatic rings. The Morgan fingerprint density at radius 1 is 1.42 bits per heavy atom. The molecule has 4 nitrogen and oxygen atoms in total. The first-order chi connectivity index (χ1) is 9.06. The summed E-state index contributed by atoms with van der Waals surface area (Å²) in [5.74, 6) is 1.34. The van der Waals surface area contributed by atoms with Crippen molar-refractivity contribution in [1.82, 2.24) is 9.97 Å². The van der Waals surface area contributed by atoms with Gasteiger partial charge in [0, 0.05) is 18.6 Å². The highest BCUT2D eigenvalue weighted by atomic mass is 79.9. The fourth-order valence-electron chi connectivity index (χ4n) is 1.46. The summed E-state index contributed by atoms with van der Waals surface area (Å²) in [7, 11) is 3.44. The van der Waals surface area contributed by atoms with E-state index in [9.17, 15) is 0 Å². The predicted octanol–water partition coefficient (Wildman–Crippen LogP) is 4.57. The first-order valence-electron chi connectivity index (χ1n) is 5.25. The van der Waals surface area contributed by atoms with Crippen molar-refractivity contribution in [2.45, 2.75) is 6.61 Å². The van der Waals surface area contributed by atoms with Crippen LogP contribution in [0.4, 0.5) is 5.82 Å². The van der Waals surface area contributed by atoms with Crippen molar-refractivity contribution in [3.05, 3.63) is 25.0 Å². The number of methoxy groups -OCH3 is 1. The molecule has 102 valence electrons. The molecule has 0 aliphatic carbocycles. The van der Waals surface area contributed by atoms with E-state index in [1.54, 1.807) is 7.11 Å². The lowest BCUT2D eigenvalue weighted by Gasteiger charge is -2.09. The molecule has 0 saturated heterocycles. The molecule has 0 saturated carbocycles. The Kier molecular flexibility index (Phi) is 5.19. The summed E-state index contributed by atoms with van der Waals surface area (Å²) < 4.78 is 7.48. The summed E-state index contributed by atoms with van der Waals surface area (Å²) in [5.41, 5.74) is 0.789. The second kappa shape index (κ2) is 6.49. The van der Waals surface area contributed by atoms with Crippen molar-refractivity contribution in [3.8, 4) is 10.7 Å². The van der Waals surface area contributed by atoms with Crippen molar-refractivity contribution in [1.29, 1.82) is 0 Å². The second-order valence-electron chi connectivity index (χ2n) is 3.57. The molecule has 0 amide bonds. The van der Waals surface area contributed by atoms with Gasteiger partial charge in [-0.25, -0.2) is 9.97 Å². The van der Waals surface area contributed by atoms with Gasteiger partial charge in [-0.1, -0.05) is 11.6 Å². The highest BCUT2D eigenvalue weighted by molar-refractivity contribution is 9.11. The topological polar surface area (TPSA) is 47.0 Å². The Morgan fingerprint density at radius 3 is 2.68 bits per heavy atom. The number of ether oxygens (including phenoxy) is 1. The maximum atomic E-state index is 6.05. The minimum Gasteiger partial charge on any atom is -0.378 e. The minimum absolute atomic E-state index is 0.408. The van der Waals surface area contributed by atoms with E-state index in [1.807, 2.05) is 13.1 Å². The number of nitrogens with zero attached hydrogens (tertiary/aromatic N) is 2. The van der Waals surface area contributed by atoms with Crippen molar-refractivity contribution >= 4 is 60.6 Å². The smallest absolute Gasteiger partial charge is 0.172 e. The third kappa shape index (κ3) is 3.28. The molecule has 0 radical (unpaired) electrons. The average molecular weight is 428 g/mol. The highest BCUT2D eigenvalue weighted by Crippen LogP contribution is 2.38. The largest absolute Gasteiger partial charge is 0.378 e. The van der Waals surface area contributed by atoms with Gasteiger partial charge in [0.1, 0.15) is 10.2 Å². The Balaban J connectivity index is 2.54. The molecule has 2 heterocycles. The van der Waals surface area contributed by atoms with Gasteiger partial charge in [-0.05, 0) is 37.9 Å². The van der Waals surface area contributed by atoms with Gasteiger partial charge in [-0.2, -0.15) is 0 Å². The van der Waals surface area contributed by atoms with Crippen molar-refractivity contribution in [3.63, 3.8) is 0 Å². The maximum absolute atomic E-state index is 6.05. The van der Waals surface area contributed by atoms with Crippen LogP contribution in [0.3, 0.4) is 0 Å². The molecular weight excluding hydrogens is 417 g/mol. The molecule has 0 aromatic carbocycles. The van der Waals surface area contributed by atoms with Crippen LogP contribution in [0.15, 0.2) is 15.0 Å². The lowest BCUT2D eigenvalue weighted by atomic mass is 10.3. The molecule has 2 rings (SSSR count). The third-order valence-electron chi connectivity index (χ3n) is 2.30. The SMILES string of the molecule is CNc1nc(-c2cc(Br)c(Cl)s2)nc(COC)c1Br. The van der Waals surface area contributed by atoms with E-state index in [2.05, 4.69) is 47.1 Å². The highest BCUT2D eigenvalue weighted by Gasteiger charge is 2.15. The Hall–Kier alpha value is -0.210. The predicted molar refractivity (Wildman–Crippen MR) is 86.0 cm³/mol. The Morgan fingerprint density at radius 2 is 2.16 bits per heavy atom. The molecule has 0 atom stereocenters. The van der Waals surface area contributed by atoms with Crippen LogP contribution in [-0.2, 0) is 11.3 Å². The maximum Gasteiger partial charge on any atom is 0.172 e. The molecular formula is C11H10Br2ClN3OS. The van der Waals surface area contributed by atoms with Gasteiger partial charge in [0.15, 0.2) is 5.82 Å². The van der Waals surface area contributed by atoms with E-state index in [4.69, 9.17) is 16.3 Å². The van der Waals surface area contributed by atoms with E-state index in [1.165, 1.54) is 11.3 Å². The summed E-state index contributed by atoms with van der Waals surface area (Å²) in [4.78, 5) is 9.87. The third-order valence-corrected chi connectivity index (χ3v) is 5.61. The van der Waals surface area contributed by atoms with Crippen LogP contribution in [-0.4, -0.2) is 24.1 Å².